The van der Waals surface area contributed by atoms with Crippen molar-refractivity contribution >= 4 is 21.8 Å². The molecule has 3 rings (SSSR count). The number of amides is 1. The smallest absolute Gasteiger partial charge is 0.260 e. The Bertz CT molecular complexity index is 503. The van der Waals surface area contributed by atoms with Gasteiger partial charge in [-0.1, -0.05) is 22.0 Å². The molecular weight excluding hydrogens is 280 g/mol. The monoisotopic (exact) mass is 287 g/mol. The highest BCUT2D eigenvalue weighted by Crippen LogP contribution is 2.62. The van der Waals surface area contributed by atoms with Crippen LogP contribution in [0.4, 0.5) is 8.78 Å². The van der Waals surface area contributed by atoms with Gasteiger partial charge in [0.1, 0.15) is 0 Å². The summed E-state index contributed by atoms with van der Waals surface area (Å²) in [5.41, 5.74) is -0.320. The Morgan fingerprint density at radius 1 is 1.38 bits per heavy atom. The topological polar surface area (TPSA) is 29.1 Å². The Labute approximate surface area is 99.2 Å². The highest BCUT2D eigenvalue weighted by molar-refractivity contribution is 9.10. The Hall–Kier alpha value is -0.970. The molecule has 0 bridgehead atoms. The first-order chi connectivity index (χ1) is 7.46. The molecule has 1 saturated carbocycles. The van der Waals surface area contributed by atoms with Gasteiger partial charge in [-0.15, -0.1) is 0 Å². The molecule has 0 saturated heterocycles. The van der Waals surface area contributed by atoms with Crippen molar-refractivity contribution in [3.8, 4) is 0 Å². The van der Waals surface area contributed by atoms with Crippen LogP contribution in [-0.4, -0.2) is 18.4 Å². The maximum Gasteiger partial charge on any atom is 0.260 e. The average Bonchev–Trinajstić information content (AvgIpc) is 2.76. The van der Waals surface area contributed by atoms with Crippen LogP contribution < -0.4 is 5.32 Å². The number of carbonyl (C=O) groups is 1. The summed E-state index contributed by atoms with van der Waals surface area (Å²) < 4.78 is 27.6. The summed E-state index contributed by atoms with van der Waals surface area (Å²) in [6, 6.07) is 4.92. The second kappa shape index (κ2) is 2.83. The van der Waals surface area contributed by atoms with Crippen molar-refractivity contribution in [1.82, 2.24) is 5.32 Å². The summed E-state index contributed by atoms with van der Waals surface area (Å²) in [5.74, 6) is -2.96. The average molecular weight is 288 g/mol. The molecule has 1 spiro atoms. The molecule has 0 radical (unpaired) electrons. The molecule has 1 aliphatic carbocycles. The number of benzene rings is 1. The third-order valence-electron chi connectivity index (χ3n) is 3.39. The van der Waals surface area contributed by atoms with Gasteiger partial charge in [0.2, 0.25) is 0 Å². The van der Waals surface area contributed by atoms with E-state index in [9.17, 15) is 13.6 Å². The molecule has 1 fully saturated rings. The normalized spacial score (nSPS) is 29.8. The first-order valence-electron chi connectivity index (χ1n) is 4.92. The Morgan fingerprint density at radius 2 is 2.06 bits per heavy atom. The lowest BCUT2D eigenvalue weighted by Gasteiger charge is -2.26. The molecule has 5 heteroatoms. The zero-order chi connectivity index (χ0) is 11.6. The van der Waals surface area contributed by atoms with Crippen molar-refractivity contribution in [2.24, 2.45) is 0 Å². The fraction of sp³-hybridized carbons (Fsp3) is 0.364. The maximum atomic E-state index is 13.4. The molecule has 2 nitrogen and oxygen atoms in total. The van der Waals surface area contributed by atoms with E-state index in [1.165, 1.54) is 0 Å². The van der Waals surface area contributed by atoms with Gasteiger partial charge in [0.25, 0.3) is 11.8 Å². The lowest BCUT2D eigenvalue weighted by atomic mass is 9.87. The van der Waals surface area contributed by atoms with E-state index in [1.54, 1.807) is 18.2 Å². The number of hydrogen-bond donors (Lipinski definition) is 1. The molecule has 1 heterocycles. The molecule has 0 aromatic heterocycles. The molecule has 1 amide bonds. The van der Waals surface area contributed by atoms with Crippen LogP contribution in [0.3, 0.4) is 0 Å². The molecule has 1 aromatic rings. The third kappa shape index (κ3) is 1.12. The van der Waals surface area contributed by atoms with E-state index < -0.39 is 11.3 Å². The molecule has 1 N–H and O–H groups in total. The van der Waals surface area contributed by atoms with Crippen LogP contribution in [0.1, 0.15) is 22.3 Å². The second-order valence-electron chi connectivity index (χ2n) is 4.34. The number of rotatable bonds is 0. The Balaban J connectivity index is 2.19. The number of carbonyl (C=O) groups excluding carboxylic acids is 1. The minimum absolute atomic E-state index is 0.0352. The van der Waals surface area contributed by atoms with Gasteiger partial charge in [0, 0.05) is 23.0 Å². The zero-order valence-electron chi connectivity index (χ0n) is 8.19. The van der Waals surface area contributed by atoms with E-state index in [0.29, 0.717) is 11.1 Å². The molecule has 84 valence electrons. The molecule has 1 aliphatic heterocycles. The summed E-state index contributed by atoms with van der Waals surface area (Å²) in [6.45, 7) is 0.0352. The van der Waals surface area contributed by atoms with E-state index in [2.05, 4.69) is 21.2 Å². The lowest BCUT2D eigenvalue weighted by molar-refractivity contribution is 0.0782. The number of halogens is 3. The van der Waals surface area contributed by atoms with Crippen LogP contribution in [0.5, 0.6) is 0 Å². The standard InChI is InChI=1S/C11H8BrF2NO/c12-6-1-2-8-7(3-6)9(16)15-5-10(8)4-11(10,13)14/h1-3H,4-5H2,(H,15,16). The lowest BCUT2D eigenvalue weighted by Crippen LogP contribution is -2.42. The van der Waals surface area contributed by atoms with E-state index in [-0.39, 0.29) is 18.9 Å². The van der Waals surface area contributed by atoms with Crippen molar-refractivity contribution in [2.75, 3.05) is 6.54 Å². The van der Waals surface area contributed by atoms with Crippen LogP contribution in [0.15, 0.2) is 22.7 Å². The molecule has 2 aliphatic rings. The van der Waals surface area contributed by atoms with Gasteiger partial charge in [-0.25, -0.2) is 8.78 Å². The van der Waals surface area contributed by atoms with Crippen molar-refractivity contribution < 1.29 is 13.6 Å². The van der Waals surface area contributed by atoms with E-state index in [1.807, 2.05) is 0 Å². The van der Waals surface area contributed by atoms with Crippen LogP contribution in [-0.2, 0) is 5.41 Å². The Morgan fingerprint density at radius 3 is 2.69 bits per heavy atom. The number of nitrogens with one attached hydrogen (secondary N) is 1. The summed E-state index contributed by atoms with van der Waals surface area (Å²) in [5, 5.41) is 2.53. The molecule has 1 unspecified atom stereocenters. The second-order valence-corrected chi connectivity index (χ2v) is 5.25. The minimum Gasteiger partial charge on any atom is -0.351 e. The SMILES string of the molecule is O=C1NCC2(CC2(F)F)c2ccc(Br)cc21. The van der Waals surface area contributed by atoms with Gasteiger partial charge in [0.05, 0.1) is 5.41 Å². The van der Waals surface area contributed by atoms with Gasteiger partial charge in [-0.3, -0.25) is 4.79 Å². The van der Waals surface area contributed by atoms with Gasteiger partial charge in [-0.05, 0) is 17.7 Å². The van der Waals surface area contributed by atoms with E-state index in [4.69, 9.17) is 0 Å². The molecular formula is C11H8BrF2NO. The van der Waals surface area contributed by atoms with Crippen molar-refractivity contribution in [3.05, 3.63) is 33.8 Å². The van der Waals surface area contributed by atoms with Crippen LogP contribution in [0.2, 0.25) is 0 Å². The van der Waals surface area contributed by atoms with Gasteiger partial charge >= 0.3 is 0 Å². The van der Waals surface area contributed by atoms with Crippen molar-refractivity contribution in [1.29, 1.82) is 0 Å². The number of fused-ring (bicyclic) bond motifs is 2. The van der Waals surface area contributed by atoms with E-state index >= 15 is 0 Å². The number of alkyl halides is 2. The predicted molar refractivity (Wildman–Crippen MR) is 57.7 cm³/mol. The van der Waals surface area contributed by atoms with Crippen molar-refractivity contribution in [3.63, 3.8) is 0 Å². The zero-order valence-corrected chi connectivity index (χ0v) is 9.77. The fourth-order valence-corrected chi connectivity index (χ4v) is 2.72. The van der Waals surface area contributed by atoms with Crippen LogP contribution >= 0.6 is 15.9 Å². The summed E-state index contributed by atoms with van der Waals surface area (Å²) in [6.07, 6.45) is -0.172. The molecule has 1 atom stereocenters. The third-order valence-corrected chi connectivity index (χ3v) is 3.88. The highest BCUT2D eigenvalue weighted by atomic mass is 79.9. The summed E-state index contributed by atoms with van der Waals surface area (Å²) >= 11 is 3.24. The fourth-order valence-electron chi connectivity index (χ4n) is 2.36. The summed E-state index contributed by atoms with van der Waals surface area (Å²) in [7, 11) is 0. The van der Waals surface area contributed by atoms with Gasteiger partial charge in [-0.2, -0.15) is 0 Å². The first kappa shape index (κ1) is 10.2. The van der Waals surface area contributed by atoms with Gasteiger partial charge < -0.3 is 5.32 Å². The minimum atomic E-state index is -2.69. The highest BCUT2D eigenvalue weighted by Gasteiger charge is 2.73. The predicted octanol–water partition coefficient (Wildman–Crippen LogP) is 2.47. The van der Waals surface area contributed by atoms with Crippen molar-refractivity contribution in [2.45, 2.75) is 17.8 Å². The Kier molecular flexibility index (Phi) is 1.80. The van der Waals surface area contributed by atoms with Gasteiger partial charge in [0.15, 0.2) is 0 Å². The van der Waals surface area contributed by atoms with E-state index in [0.717, 1.165) is 4.47 Å². The largest absolute Gasteiger partial charge is 0.351 e. The quantitative estimate of drug-likeness (QED) is 0.780. The molecule has 16 heavy (non-hydrogen) atoms. The first-order valence-corrected chi connectivity index (χ1v) is 5.72. The summed E-state index contributed by atoms with van der Waals surface area (Å²) in [4.78, 5) is 11.6. The van der Waals surface area contributed by atoms with Crippen LogP contribution in [0.25, 0.3) is 0 Å². The number of hydrogen-bond acceptors (Lipinski definition) is 1. The molecule has 1 aromatic carbocycles. The maximum absolute atomic E-state index is 13.4. The van der Waals surface area contributed by atoms with Crippen LogP contribution in [0, 0.1) is 0 Å².